The van der Waals surface area contributed by atoms with Crippen LogP contribution in [0.3, 0.4) is 0 Å². The van der Waals surface area contributed by atoms with E-state index in [-0.39, 0.29) is 17.1 Å². The summed E-state index contributed by atoms with van der Waals surface area (Å²) >= 11 is 0. The van der Waals surface area contributed by atoms with Gasteiger partial charge in [-0.2, -0.15) is 8.42 Å². The molecule has 0 aromatic heterocycles. The second-order valence-electron chi connectivity index (χ2n) is 12.1. The van der Waals surface area contributed by atoms with Gasteiger partial charge in [-0.25, -0.2) is 0 Å². The summed E-state index contributed by atoms with van der Waals surface area (Å²) in [6.45, 7) is 15.6. The van der Waals surface area contributed by atoms with Crippen LogP contribution in [0.5, 0.6) is 0 Å². The second kappa shape index (κ2) is 11.0. The van der Waals surface area contributed by atoms with Crippen LogP contribution in [0.2, 0.25) is 0 Å². The van der Waals surface area contributed by atoms with E-state index in [0.29, 0.717) is 16.7 Å². The van der Waals surface area contributed by atoms with Gasteiger partial charge >= 0.3 is 0 Å². The summed E-state index contributed by atoms with van der Waals surface area (Å²) in [5.41, 5.74) is 1.78. The van der Waals surface area contributed by atoms with Gasteiger partial charge in [-0.1, -0.05) is 59.2 Å². The van der Waals surface area contributed by atoms with Crippen molar-refractivity contribution in [3.63, 3.8) is 0 Å². The van der Waals surface area contributed by atoms with Crippen molar-refractivity contribution in [1.29, 1.82) is 0 Å². The van der Waals surface area contributed by atoms with Crippen molar-refractivity contribution in [2.75, 3.05) is 0 Å². The minimum Gasteiger partial charge on any atom is -0.393 e. The largest absolute Gasteiger partial charge is 0.393 e. The molecule has 2 aliphatic carbocycles. The van der Waals surface area contributed by atoms with Crippen LogP contribution >= 0.6 is 0 Å². The lowest BCUT2D eigenvalue weighted by molar-refractivity contribution is 0.0725. The molecule has 3 rings (SSSR count). The molecule has 1 aromatic rings. The van der Waals surface area contributed by atoms with E-state index in [9.17, 15) is 13.5 Å². The van der Waals surface area contributed by atoms with Crippen LogP contribution in [0.4, 0.5) is 0 Å². The van der Waals surface area contributed by atoms with Crippen molar-refractivity contribution in [1.82, 2.24) is 0 Å². The lowest BCUT2D eigenvalue weighted by Crippen LogP contribution is -2.30. The van der Waals surface area contributed by atoms with E-state index in [2.05, 4.69) is 41.5 Å². The highest BCUT2D eigenvalue weighted by atomic mass is 32.2. The number of rotatable bonds is 3. The first kappa shape index (κ1) is 27.3. The molecule has 0 unspecified atom stereocenters. The standard InChI is InChI=1S/C17H26O3S.C10H20O/c1-13-5-11-16(12-6-13)21(18,19)20-15-9-7-14(8-10-15)17(2,3)4;1-10(2,3)8-4-6-9(11)7-5-8/h5-6,11-12,14-15H,7-10H2,1-4H3;8-9,11H,4-7H2,1-3H3. The number of hydrogen-bond acceptors (Lipinski definition) is 4. The van der Waals surface area contributed by atoms with Crippen LogP contribution < -0.4 is 0 Å². The SMILES string of the molecule is CC(C)(C)C1CCC(O)CC1.Cc1ccc(S(=O)(=O)OC2CCC(C(C)(C)C)CC2)cc1. The molecule has 0 aliphatic heterocycles. The second-order valence-corrected chi connectivity index (χ2v) is 13.6. The average Bonchev–Trinajstić information content (AvgIpc) is 2.68. The molecular formula is C27H46O4S. The lowest BCUT2D eigenvalue weighted by atomic mass is 9.72. The van der Waals surface area contributed by atoms with Crippen molar-refractivity contribution < 1.29 is 17.7 Å². The first-order valence-electron chi connectivity index (χ1n) is 12.4. The maximum absolute atomic E-state index is 12.3. The molecule has 0 saturated heterocycles. The Morgan fingerprint density at radius 3 is 1.56 bits per heavy atom. The zero-order chi connectivity index (χ0) is 24.2. The summed E-state index contributed by atoms with van der Waals surface area (Å²) in [4.78, 5) is 0.256. The molecule has 0 spiro atoms. The summed E-state index contributed by atoms with van der Waals surface area (Å²) < 4.78 is 30.0. The third-order valence-corrected chi connectivity index (χ3v) is 8.77. The van der Waals surface area contributed by atoms with Gasteiger partial charge in [0.05, 0.1) is 17.1 Å². The number of aryl methyl sites for hydroxylation is 1. The third-order valence-electron chi connectivity index (χ3n) is 7.39. The number of benzene rings is 1. The Morgan fingerprint density at radius 1 is 0.750 bits per heavy atom. The quantitative estimate of drug-likeness (QED) is 0.493. The summed E-state index contributed by atoms with van der Waals surface area (Å²) in [5, 5.41) is 9.29. The molecule has 0 atom stereocenters. The summed E-state index contributed by atoms with van der Waals surface area (Å²) in [6.07, 6.45) is 8.01. The maximum atomic E-state index is 12.3. The van der Waals surface area contributed by atoms with Gasteiger partial charge in [-0.15, -0.1) is 0 Å². The monoisotopic (exact) mass is 466 g/mol. The Bertz CT molecular complexity index is 784. The number of aliphatic hydroxyl groups excluding tert-OH is 1. The van der Waals surface area contributed by atoms with E-state index in [0.717, 1.165) is 50.0 Å². The Morgan fingerprint density at radius 2 is 1.16 bits per heavy atom. The van der Waals surface area contributed by atoms with Gasteiger partial charge in [0.25, 0.3) is 10.1 Å². The number of aliphatic hydroxyl groups is 1. The van der Waals surface area contributed by atoms with E-state index in [1.807, 2.05) is 6.92 Å². The fourth-order valence-corrected chi connectivity index (χ4v) is 6.04. The first-order valence-corrected chi connectivity index (χ1v) is 13.8. The molecule has 4 nitrogen and oxygen atoms in total. The van der Waals surface area contributed by atoms with Crippen molar-refractivity contribution in [3.05, 3.63) is 29.8 Å². The maximum Gasteiger partial charge on any atom is 0.297 e. The molecule has 0 amide bonds. The van der Waals surface area contributed by atoms with E-state index in [4.69, 9.17) is 4.18 Å². The van der Waals surface area contributed by atoms with Crippen molar-refractivity contribution in [3.8, 4) is 0 Å². The Kier molecular flexibility index (Phi) is 9.41. The van der Waals surface area contributed by atoms with Crippen LogP contribution in [0.15, 0.2) is 29.2 Å². The van der Waals surface area contributed by atoms with Crippen molar-refractivity contribution >= 4 is 10.1 Å². The summed E-state index contributed by atoms with van der Waals surface area (Å²) in [7, 11) is -3.63. The molecule has 32 heavy (non-hydrogen) atoms. The minimum absolute atomic E-state index is 0.00593. The average molecular weight is 467 g/mol. The van der Waals surface area contributed by atoms with E-state index in [1.54, 1.807) is 24.3 Å². The molecule has 1 aromatic carbocycles. The fourth-order valence-electron chi connectivity index (χ4n) is 4.91. The van der Waals surface area contributed by atoms with Gasteiger partial charge < -0.3 is 5.11 Å². The lowest BCUT2D eigenvalue weighted by Gasteiger charge is -2.36. The molecule has 2 fully saturated rings. The van der Waals surface area contributed by atoms with Crippen LogP contribution in [0, 0.1) is 29.6 Å². The van der Waals surface area contributed by atoms with Gasteiger partial charge in [0.2, 0.25) is 0 Å². The molecule has 184 valence electrons. The van der Waals surface area contributed by atoms with Crippen molar-refractivity contribution in [2.24, 2.45) is 22.7 Å². The van der Waals surface area contributed by atoms with Gasteiger partial charge in [0, 0.05) is 0 Å². The van der Waals surface area contributed by atoms with Crippen LogP contribution in [-0.2, 0) is 14.3 Å². The molecule has 1 N–H and O–H groups in total. The molecular weight excluding hydrogens is 420 g/mol. The normalized spacial score (nSPS) is 27.4. The third kappa shape index (κ3) is 8.46. The van der Waals surface area contributed by atoms with Gasteiger partial charge in [-0.05, 0) is 93.1 Å². The van der Waals surface area contributed by atoms with E-state index < -0.39 is 10.1 Å². The topological polar surface area (TPSA) is 63.6 Å². The van der Waals surface area contributed by atoms with Crippen LogP contribution in [0.25, 0.3) is 0 Å². The Balaban J connectivity index is 0.000000278. The summed E-state index contributed by atoms with van der Waals surface area (Å²) in [5.74, 6) is 1.48. The molecule has 0 bridgehead atoms. The Hall–Kier alpha value is -0.910. The predicted molar refractivity (Wildman–Crippen MR) is 132 cm³/mol. The molecule has 0 heterocycles. The highest BCUT2D eigenvalue weighted by molar-refractivity contribution is 7.86. The first-order chi connectivity index (χ1) is 14.7. The van der Waals surface area contributed by atoms with E-state index >= 15 is 0 Å². The van der Waals surface area contributed by atoms with Gasteiger partial charge in [0.15, 0.2) is 0 Å². The highest BCUT2D eigenvalue weighted by Gasteiger charge is 2.32. The van der Waals surface area contributed by atoms with E-state index in [1.165, 1.54) is 12.8 Å². The van der Waals surface area contributed by atoms with Crippen LogP contribution in [-0.4, -0.2) is 25.7 Å². The smallest absolute Gasteiger partial charge is 0.297 e. The fraction of sp³-hybridized carbons (Fsp3) is 0.778. The molecule has 2 saturated carbocycles. The number of hydrogen-bond donors (Lipinski definition) is 1. The molecule has 2 aliphatic rings. The zero-order valence-electron chi connectivity index (χ0n) is 21.4. The molecule has 0 radical (unpaired) electrons. The van der Waals surface area contributed by atoms with Crippen molar-refractivity contribution in [2.45, 2.75) is 117 Å². The highest BCUT2D eigenvalue weighted by Crippen LogP contribution is 2.39. The van der Waals surface area contributed by atoms with Gasteiger partial charge in [0.1, 0.15) is 0 Å². The zero-order valence-corrected chi connectivity index (χ0v) is 22.2. The Labute approximate surface area is 197 Å². The molecule has 5 heteroatoms. The predicted octanol–water partition coefficient (Wildman–Crippen LogP) is 6.89. The van der Waals surface area contributed by atoms with Gasteiger partial charge in [-0.3, -0.25) is 4.18 Å². The summed E-state index contributed by atoms with van der Waals surface area (Å²) in [6, 6.07) is 6.83. The van der Waals surface area contributed by atoms with Crippen LogP contribution in [0.1, 0.15) is 98.5 Å². The minimum atomic E-state index is -3.63.